The second-order valence-electron chi connectivity index (χ2n) is 7.90. The monoisotopic (exact) mass is 387 g/mol. The van der Waals surface area contributed by atoms with Crippen molar-refractivity contribution in [3.63, 3.8) is 0 Å². The Labute approximate surface area is 169 Å². The Morgan fingerprint density at radius 1 is 0.857 bits per heavy atom. The standard InChI is InChI=1S/C24H37NO3/c1-2-3-4-5-6-7-8-9-10-11-12-13-14-15-21-18-20-19-22(28-24(26)27)16-17-23(20)25-21/h16-19,25H,2-15H2,1H3,(H,26,27). The van der Waals surface area contributed by atoms with Gasteiger partial charge in [0.05, 0.1) is 0 Å². The Morgan fingerprint density at radius 2 is 1.43 bits per heavy atom. The molecule has 156 valence electrons. The van der Waals surface area contributed by atoms with Crippen molar-refractivity contribution >= 4 is 17.1 Å². The topological polar surface area (TPSA) is 62.3 Å². The van der Waals surface area contributed by atoms with Crippen LogP contribution in [0.15, 0.2) is 24.3 Å². The van der Waals surface area contributed by atoms with Crippen molar-refractivity contribution in [1.82, 2.24) is 4.98 Å². The highest BCUT2D eigenvalue weighted by molar-refractivity contribution is 5.82. The Kier molecular flexibility index (Phi) is 10.6. The summed E-state index contributed by atoms with van der Waals surface area (Å²) in [6.45, 7) is 2.27. The lowest BCUT2D eigenvalue weighted by Gasteiger charge is -2.03. The number of carbonyl (C=O) groups is 1. The number of benzene rings is 1. The number of fused-ring (bicyclic) bond motifs is 1. The smallest absolute Gasteiger partial charge is 0.449 e. The van der Waals surface area contributed by atoms with Crippen LogP contribution in [0.3, 0.4) is 0 Å². The van der Waals surface area contributed by atoms with Gasteiger partial charge in [-0.15, -0.1) is 0 Å². The van der Waals surface area contributed by atoms with Crippen molar-refractivity contribution in [3.8, 4) is 5.75 Å². The lowest BCUT2D eigenvalue weighted by molar-refractivity contribution is 0.144. The third kappa shape index (κ3) is 8.81. The van der Waals surface area contributed by atoms with E-state index < -0.39 is 6.16 Å². The van der Waals surface area contributed by atoms with Crippen LogP contribution in [-0.4, -0.2) is 16.2 Å². The maximum Gasteiger partial charge on any atom is 0.511 e. The molecule has 2 aromatic rings. The van der Waals surface area contributed by atoms with E-state index in [2.05, 4.69) is 18.0 Å². The zero-order valence-electron chi connectivity index (χ0n) is 17.5. The first-order chi connectivity index (χ1) is 13.7. The van der Waals surface area contributed by atoms with Crippen molar-refractivity contribution < 1.29 is 14.6 Å². The first-order valence-corrected chi connectivity index (χ1v) is 11.2. The average Bonchev–Trinajstić information content (AvgIpc) is 3.07. The number of ether oxygens (including phenoxy) is 1. The van der Waals surface area contributed by atoms with Gasteiger partial charge in [-0.25, -0.2) is 4.79 Å². The van der Waals surface area contributed by atoms with Gasteiger partial charge >= 0.3 is 6.16 Å². The largest absolute Gasteiger partial charge is 0.511 e. The number of aromatic nitrogens is 1. The van der Waals surface area contributed by atoms with Crippen LogP contribution in [0.1, 0.15) is 96.1 Å². The minimum absolute atomic E-state index is 0.367. The number of aromatic amines is 1. The molecule has 0 aliphatic heterocycles. The number of hydrogen-bond acceptors (Lipinski definition) is 2. The van der Waals surface area contributed by atoms with Gasteiger partial charge in [0, 0.05) is 16.6 Å². The number of unbranched alkanes of at least 4 members (excludes halogenated alkanes) is 12. The van der Waals surface area contributed by atoms with Gasteiger partial charge in [-0.3, -0.25) is 0 Å². The molecule has 0 amide bonds. The minimum atomic E-state index is -1.28. The molecule has 0 radical (unpaired) electrons. The highest BCUT2D eigenvalue weighted by Gasteiger charge is 2.05. The van der Waals surface area contributed by atoms with Gasteiger partial charge in [-0.05, 0) is 37.1 Å². The molecule has 0 aliphatic rings. The molecule has 0 atom stereocenters. The second kappa shape index (κ2) is 13.2. The van der Waals surface area contributed by atoms with Gasteiger partial charge in [-0.1, -0.05) is 84.0 Å². The molecule has 4 heteroatoms. The maximum atomic E-state index is 10.6. The number of H-pyrrole nitrogens is 1. The number of rotatable bonds is 15. The second-order valence-corrected chi connectivity index (χ2v) is 7.90. The summed E-state index contributed by atoms with van der Waals surface area (Å²) in [6.07, 6.45) is 17.6. The van der Waals surface area contributed by atoms with Crippen molar-refractivity contribution in [2.45, 2.75) is 96.8 Å². The molecule has 1 aromatic carbocycles. The Bertz CT molecular complexity index is 692. The fraction of sp³-hybridized carbons (Fsp3) is 0.625. The van der Waals surface area contributed by atoms with Crippen LogP contribution in [0.4, 0.5) is 4.79 Å². The van der Waals surface area contributed by atoms with Crippen LogP contribution >= 0.6 is 0 Å². The van der Waals surface area contributed by atoms with E-state index in [1.54, 1.807) is 12.1 Å². The van der Waals surface area contributed by atoms with Gasteiger partial charge in [-0.2, -0.15) is 0 Å². The molecule has 0 saturated heterocycles. The number of hydrogen-bond donors (Lipinski definition) is 2. The summed E-state index contributed by atoms with van der Waals surface area (Å²) >= 11 is 0. The molecule has 1 aromatic heterocycles. The molecule has 1 heterocycles. The van der Waals surface area contributed by atoms with Crippen LogP contribution < -0.4 is 4.74 Å². The SMILES string of the molecule is CCCCCCCCCCCCCCCc1cc2cc(OC(=O)O)ccc2[nH]1. The minimum Gasteiger partial charge on any atom is -0.449 e. The van der Waals surface area contributed by atoms with E-state index in [1.807, 2.05) is 6.07 Å². The third-order valence-corrected chi connectivity index (χ3v) is 5.40. The van der Waals surface area contributed by atoms with E-state index in [0.717, 1.165) is 17.3 Å². The van der Waals surface area contributed by atoms with E-state index >= 15 is 0 Å². The van der Waals surface area contributed by atoms with E-state index in [4.69, 9.17) is 9.84 Å². The molecule has 0 aliphatic carbocycles. The maximum absolute atomic E-state index is 10.6. The molecule has 2 N–H and O–H groups in total. The highest BCUT2D eigenvalue weighted by atomic mass is 16.7. The molecule has 0 fully saturated rings. The van der Waals surface area contributed by atoms with Crippen molar-refractivity contribution in [2.75, 3.05) is 0 Å². The zero-order valence-corrected chi connectivity index (χ0v) is 17.5. The molecular weight excluding hydrogens is 350 g/mol. The van der Waals surface area contributed by atoms with Crippen LogP contribution in [0, 0.1) is 0 Å². The van der Waals surface area contributed by atoms with Crippen molar-refractivity contribution in [3.05, 3.63) is 30.0 Å². The normalized spacial score (nSPS) is 11.2. The summed E-state index contributed by atoms with van der Waals surface area (Å²) < 4.78 is 4.72. The van der Waals surface area contributed by atoms with Crippen molar-refractivity contribution in [1.29, 1.82) is 0 Å². The molecule has 0 bridgehead atoms. The van der Waals surface area contributed by atoms with Crippen LogP contribution in [0.2, 0.25) is 0 Å². The van der Waals surface area contributed by atoms with Gasteiger partial charge in [0.25, 0.3) is 0 Å². The first-order valence-electron chi connectivity index (χ1n) is 11.2. The molecule has 2 rings (SSSR count). The Hall–Kier alpha value is -1.97. The van der Waals surface area contributed by atoms with Crippen molar-refractivity contribution in [2.24, 2.45) is 0 Å². The summed E-state index contributed by atoms with van der Waals surface area (Å²) in [6, 6.07) is 7.43. The molecule has 28 heavy (non-hydrogen) atoms. The predicted molar refractivity (Wildman–Crippen MR) is 116 cm³/mol. The van der Waals surface area contributed by atoms with Gasteiger partial charge in [0.2, 0.25) is 0 Å². The van der Waals surface area contributed by atoms with Crippen LogP contribution in [0.25, 0.3) is 10.9 Å². The Balaban J connectivity index is 1.51. The van der Waals surface area contributed by atoms with E-state index in [-0.39, 0.29) is 0 Å². The summed E-state index contributed by atoms with van der Waals surface area (Å²) in [5.41, 5.74) is 2.24. The quantitative estimate of drug-likeness (QED) is 0.186. The van der Waals surface area contributed by atoms with Crippen LogP contribution in [-0.2, 0) is 6.42 Å². The number of carboxylic acid groups (broad SMARTS) is 1. The van der Waals surface area contributed by atoms with Gasteiger partial charge in [0.15, 0.2) is 0 Å². The predicted octanol–water partition coefficient (Wildman–Crippen LogP) is 7.86. The lowest BCUT2D eigenvalue weighted by Crippen LogP contribution is -2.02. The summed E-state index contributed by atoms with van der Waals surface area (Å²) in [4.78, 5) is 14.0. The number of aryl methyl sites for hydroxylation is 1. The molecule has 0 spiro atoms. The molecule has 0 unspecified atom stereocenters. The summed E-state index contributed by atoms with van der Waals surface area (Å²) in [7, 11) is 0. The lowest BCUT2D eigenvalue weighted by atomic mass is 10.0. The fourth-order valence-corrected chi connectivity index (χ4v) is 3.80. The van der Waals surface area contributed by atoms with E-state index in [9.17, 15) is 4.79 Å². The van der Waals surface area contributed by atoms with Crippen LogP contribution in [0.5, 0.6) is 5.75 Å². The first kappa shape index (κ1) is 22.3. The molecule has 4 nitrogen and oxygen atoms in total. The third-order valence-electron chi connectivity index (χ3n) is 5.40. The summed E-state index contributed by atoms with van der Waals surface area (Å²) in [5.74, 6) is 0.367. The molecular formula is C24H37NO3. The van der Waals surface area contributed by atoms with Gasteiger partial charge < -0.3 is 14.8 Å². The number of nitrogens with one attached hydrogen (secondary N) is 1. The average molecular weight is 388 g/mol. The zero-order chi connectivity index (χ0) is 20.0. The fourth-order valence-electron chi connectivity index (χ4n) is 3.80. The Morgan fingerprint density at radius 3 is 2.00 bits per heavy atom. The van der Waals surface area contributed by atoms with E-state index in [1.165, 1.54) is 89.2 Å². The van der Waals surface area contributed by atoms with Gasteiger partial charge in [0.1, 0.15) is 5.75 Å². The summed E-state index contributed by atoms with van der Waals surface area (Å²) in [5, 5.41) is 9.70. The highest BCUT2D eigenvalue weighted by Crippen LogP contribution is 2.23. The molecule has 0 saturated carbocycles. The van der Waals surface area contributed by atoms with E-state index in [0.29, 0.717) is 5.75 Å².